The summed E-state index contributed by atoms with van der Waals surface area (Å²) in [6.45, 7) is 4.60. The summed E-state index contributed by atoms with van der Waals surface area (Å²) in [7, 11) is 0. The lowest BCUT2D eigenvalue weighted by Crippen LogP contribution is -1.86. The predicted molar refractivity (Wildman–Crippen MR) is 185 cm³/mol. The van der Waals surface area contributed by atoms with Crippen LogP contribution in [0, 0.1) is 0 Å². The van der Waals surface area contributed by atoms with Gasteiger partial charge in [0.1, 0.15) is 0 Å². The lowest BCUT2D eigenvalue weighted by molar-refractivity contribution is 0.586. The molecule has 0 spiro atoms. The number of halogens is 1. The van der Waals surface area contributed by atoms with Crippen LogP contribution in [-0.4, -0.2) is 11.5 Å². The fraction of sp³-hybridized carbons (Fsp3) is 0.625. The third kappa shape index (κ3) is 11.6. The van der Waals surface area contributed by atoms with Crippen molar-refractivity contribution in [1.29, 1.82) is 0 Å². The Kier molecular flexibility index (Phi) is 17.4. The molecule has 0 N–H and O–H groups in total. The summed E-state index contributed by atoms with van der Waals surface area (Å²) >= 11 is 13.9. The van der Waals surface area contributed by atoms with Crippen LogP contribution in [0.1, 0.15) is 117 Å². The Labute approximate surface area is 262 Å². The van der Waals surface area contributed by atoms with Crippen molar-refractivity contribution >= 4 is 73.5 Å². The van der Waals surface area contributed by atoms with E-state index in [4.69, 9.17) is 0 Å². The number of unbranched alkanes of at least 4 members (excludes halogenated alkanes) is 14. The molecule has 6 heteroatoms. The van der Waals surface area contributed by atoms with Crippen LogP contribution in [0.4, 0.5) is 0 Å². The number of rotatable bonds is 22. The van der Waals surface area contributed by atoms with E-state index >= 15 is 0 Å². The van der Waals surface area contributed by atoms with E-state index in [0.29, 0.717) is 0 Å². The Morgan fingerprint density at radius 3 is 1.66 bits per heavy atom. The van der Waals surface area contributed by atoms with Crippen molar-refractivity contribution in [3.8, 4) is 19.5 Å². The lowest BCUT2D eigenvalue weighted by Gasteiger charge is -2.08. The molecule has 0 amide bonds. The number of thioether (sulfide) groups is 2. The number of hydrogen-bond acceptors (Lipinski definition) is 5. The first-order valence-corrected chi connectivity index (χ1v) is 20.2. The second-order valence-electron chi connectivity index (χ2n) is 10.2. The molecule has 212 valence electrons. The van der Waals surface area contributed by atoms with E-state index in [0.717, 1.165) is 0 Å². The molecule has 0 aliphatic heterocycles. The Hall–Kier alpha value is 0.280. The van der Waals surface area contributed by atoms with E-state index in [1.54, 1.807) is 0 Å². The normalized spacial score (nSPS) is 11.6. The maximum Gasteiger partial charge on any atom is 0.0852 e. The molecule has 0 saturated carbocycles. The van der Waals surface area contributed by atoms with Gasteiger partial charge in [-0.25, -0.2) is 0 Å². The summed E-state index contributed by atoms with van der Waals surface area (Å²) in [6.07, 6.45) is 22.2. The van der Waals surface area contributed by atoms with Gasteiger partial charge in [-0.05, 0) is 63.9 Å². The van der Waals surface area contributed by atoms with Gasteiger partial charge in [-0.15, -0.1) is 57.5 Å². The van der Waals surface area contributed by atoms with Gasteiger partial charge in [0.25, 0.3) is 0 Å². The zero-order valence-corrected chi connectivity index (χ0v) is 29.2. The molecule has 0 radical (unpaired) electrons. The van der Waals surface area contributed by atoms with Crippen molar-refractivity contribution in [3.63, 3.8) is 0 Å². The SMILES string of the molecule is CCCCCCCCCCSc1c(Br)sc(-c2ccc(-c3cccs3)s2)c1SCCCCCCCCCC. The molecule has 0 nitrogen and oxygen atoms in total. The molecule has 3 heterocycles. The van der Waals surface area contributed by atoms with Gasteiger partial charge in [-0.1, -0.05) is 110 Å². The van der Waals surface area contributed by atoms with E-state index in [1.807, 2.05) is 34.0 Å². The summed E-state index contributed by atoms with van der Waals surface area (Å²) < 4.78 is 1.33. The van der Waals surface area contributed by atoms with Crippen LogP contribution in [0.2, 0.25) is 0 Å². The molecule has 0 aromatic carbocycles. The van der Waals surface area contributed by atoms with Crippen LogP contribution in [0.5, 0.6) is 0 Å². The van der Waals surface area contributed by atoms with Crippen molar-refractivity contribution in [3.05, 3.63) is 33.4 Å². The van der Waals surface area contributed by atoms with Gasteiger partial charge in [0.15, 0.2) is 0 Å². The zero-order chi connectivity index (χ0) is 26.8. The van der Waals surface area contributed by atoms with E-state index in [1.165, 1.54) is 147 Å². The van der Waals surface area contributed by atoms with Crippen LogP contribution >= 0.6 is 73.5 Å². The molecule has 0 aliphatic rings. The first kappa shape index (κ1) is 32.8. The molecule has 3 rings (SSSR count). The van der Waals surface area contributed by atoms with Crippen molar-refractivity contribution in [1.82, 2.24) is 0 Å². The smallest absolute Gasteiger partial charge is 0.0852 e. The first-order chi connectivity index (χ1) is 18.7. The molecule has 0 aliphatic carbocycles. The average Bonchev–Trinajstić information content (AvgIpc) is 3.68. The Bertz CT molecular complexity index is 988. The molecule has 3 aromatic rings. The zero-order valence-electron chi connectivity index (χ0n) is 23.5. The maximum absolute atomic E-state index is 3.98. The Balaban J connectivity index is 1.56. The van der Waals surface area contributed by atoms with E-state index in [-0.39, 0.29) is 0 Å². The van der Waals surface area contributed by atoms with Gasteiger partial charge in [-0.2, -0.15) is 0 Å². The first-order valence-electron chi connectivity index (χ1n) is 15.0. The second kappa shape index (κ2) is 20.2. The fourth-order valence-electron chi connectivity index (χ4n) is 4.62. The van der Waals surface area contributed by atoms with Crippen LogP contribution in [0.3, 0.4) is 0 Å². The van der Waals surface area contributed by atoms with Gasteiger partial charge in [0.05, 0.1) is 8.66 Å². The molecular weight excluding hydrogens is 625 g/mol. The van der Waals surface area contributed by atoms with Gasteiger partial charge >= 0.3 is 0 Å². The second-order valence-corrected chi connectivity index (χ2v) is 16.7. The predicted octanol–water partition coefficient (Wildman–Crippen LogP) is 14.4. The van der Waals surface area contributed by atoms with Gasteiger partial charge < -0.3 is 0 Å². The minimum Gasteiger partial charge on any atom is -0.143 e. The molecule has 0 fully saturated rings. The summed E-state index contributed by atoms with van der Waals surface area (Å²) in [5.41, 5.74) is 0. The highest BCUT2D eigenvalue weighted by atomic mass is 79.9. The number of hydrogen-bond donors (Lipinski definition) is 0. The molecule has 0 atom stereocenters. The van der Waals surface area contributed by atoms with E-state index in [2.05, 4.69) is 82.9 Å². The molecule has 3 aromatic heterocycles. The van der Waals surface area contributed by atoms with Crippen molar-refractivity contribution in [2.75, 3.05) is 11.5 Å². The minimum absolute atomic E-state index is 1.24. The highest BCUT2D eigenvalue weighted by Crippen LogP contribution is 2.52. The quantitative estimate of drug-likeness (QED) is 0.0770. The number of thiophene rings is 3. The molecule has 0 saturated heterocycles. The summed E-state index contributed by atoms with van der Waals surface area (Å²) in [6, 6.07) is 9.07. The molecular formula is C32H47BrS5. The Morgan fingerprint density at radius 1 is 0.579 bits per heavy atom. The van der Waals surface area contributed by atoms with Crippen molar-refractivity contribution in [2.45, 2.75) is 126 Å². The lowest BCUT2D eigenvalue weighted by atomic mass is 10.1. The van der Waals surface area contributed by atoms with Crippen LogP contribution in [0.15, 0.2) is 43.2 Å². The minimum atomic E-state index is 1.24. The van der Waals surface area contributed by atoms with Gasteiger partial charge in [0.2, 0.25) is 0 Å². The highest BCUT2D eigenvalue weighted by molar-refractivity contribution is 9.11. The third-order valence-corrected chi connectivity index (χ3v) is 14.1. The van der Waals surface area contributed by atoms with Gasteiger partial charge in [-0.3, -0.25) is 0 Å². The summed E-state index contributed by atoms with van der Waals surface area (Å²) in [5, 5.41) is 2.18. The van der Waals surface area contributed by atoms with Crippen molar-refractivity contribution in [2.24, 2.45) is 0 Å². The summed E-state index contributed by atoms with van der Waals surface area (Å²) in [5.74, 6) is 2.47. The van der Waals surface area contributed by atoms with Crippen LogP contribution in [0.25, 0.3) is 19.5 Å². The largest absolute Gasteiger partial charge is 0.143 e. The standard InChI is InChI=1S/C32H47BrS5/c1-3-5-7-9-11-13-15-17-23-35-30-29(28-22-21-27(37-28)26-20-19-25-34-26)38-32(33)31(30)36-24-18-16-14-12-10-8-6-4-2/h19-22,25H,3-18,23-24H2,1-2H3. The van der Waals surface area contributed by atoms with Crippen molar-refractivity contribution < 1.29 is 0 Å². The molecule has 38 heavy (non-hydrogen) atoms. The molecule has 0 unspecified atom stereocenters. The fourth-order valence-corrected chi connectivity index (χ4v) is 11.6. The monoisotopic (exact) mass is 670 g/mol. The van der Waals surface area contributed by atoms with Crippen LogP contribution in [-0.2, 0) is 0 Å². The highest BCUT2D eigenvalue weighted by Gasteiger charge is 2.20. The maximum atomic E-state index is 3.98. The Morgan fingerprint density at radius 2 is 1.11 bits per heavy atom. The van der Waals surface area contributed by atoms with E-state index < -0.39 is 0 Å². The van der Waals surface area contributed by atoms with Crippen LogP contribution < -0.4 is 0 Å². The van der Waals surface area contributed by atoms with Gasteiger partial charge in [0, 0.05) is 24.4 Å². The third-order valence-electron chi connectivity index (χ3n) is 6.87. The summed E-state index contributed by atoms with van der Waals surface area (Å²) in [4.78, 5) is 8.72. The average molecular weight is 672 g/mol. The molecule has 0 bridgehead atoms. The van der Waals surface area contributed by atoms with E-state index in [9.17, 15) is 0 Å². The topological polar surface area (TPSA) is 0 Å².